The zero-order chi connectivity index (χ0) is 16.4. The lowest BCUT2D eigenvalue weighted by atomic mass is 10.2. The molecule has 2 atom stereocenters. The Morgan fingerprint density at radius 3 is 2.57 bits per heavy atom. The van der Waals surface area contributed by atoms with Gasteiger partial charge >= 0.3 is 0 Å². The number of para-hydroxylation sites is 1. The number of methoxy groups -OCH3 is 1. The fourth-order valence-corrected chi connectivity index (χ4v) is 3.16. The SMILES string of the molecule is COc1cc(-c2nc3ccccc3s2)ccc1OC(C)[C@@H](C)N. The lowest BCUT2D eigenvalue weighted by Crippen LogP contribution is -2.33. The third-order valence-corrected chi connectivity index (χ3v) is 4.84. The van der Waals surface area contributed by atoms with Crippen molar-refractivity contribution in [1.82, 2.24) is 4.98 Å². The van der Waals surface area contributed by atoms with Crippen molar-refractivity contribution < 1.29 is 9.47 Å². The molecule has 3 aromatic rings. The highest BCUT2D eigenvalue weighted by atomic mass is 32.1. The zero-order valence-electron chi connectivity index (χ0n) is 13.4. The van der Waals surface area contributed by atoms with Crippen molar-refractivity contribution in [1.29, 1.82) is 0 Å². The number of aromatic nitrogens is 1. The summed E-state index contributed by atoms with van der Waals surface area (Å²) in [6.45, 7) is 3.87. The minimum atomic E-state index is -0.0859. The highest BCUT2D eigenvalue weighted by Crippen LogP contribution is 2.36. The Balaban J connectivity index is 1.94. The van der Waals surface area contributed by atoms with Crippen LogP contribution in [0.3, 0.4) is 0 Å². The number of ether oxygens (including phenoxy) is 2. The summed E-state index contributed by atoms with van der Waals surface area (Å²) in [5, 5.41) is 0.969. The lowest BCUT2D eigenvalue weighted by molar-refractivity contribution is 0.188. The van der Waals surface area contributed by atoms with Crippen LogP contribution in [0.2, 0.25) is 0 Å². The molecule has 0 aliphatic carbocycles. The topological polar surface area (TPSA) is 57.4 Å². The van der Waals surface area contributed by atoms with Crippen molar-refractivity contribution in [3.05, 3.63) is 42.5 Å². The predicted octanol–water partition coefficient (Wildman–Crippen LogP) is 4.09. The Morgan fingerprint density at radius 2 is 1.87 bits per heavy atom. The molecule has 0 radical (unpaired) electrons. The first-order valence-electron chi connectivity index (χ1n) is 7.54. The molecule has 0 saturated heterocycles. The minimum absolute atomic E-state index is 0.0522. The molecule has 0 aliphatic rings. The first-order valence-corrected chi connectivity index (χ1v) is 8.36. The van der Waals surface area contributed by atoms with Crippen molar-refractivity contribution in [2.24, 2.45) is 5.73 Å². The number of thiazole rings is 1. The average molecular weight is 328 g/mol. The first-order chi connectivity index (χ1) is 11.1. The van der Waals surface area contributed by atoms with Crippen molar-refractivity contribution in [3.8, 4) is 22.1 Å². The van der Waals surface area contributed by atoms with E-state index in [2.05, 4.69) is 11.1 Å². The molecule has 0 bridgehead atoms. The normalized spacial score (nSPS) is 13.7. The molecule has 2 aromatic carbocycles. The fourth-order valence-electron chi connectivity index (χ4n) is 2.20. The minimum Gasteiger partial charge on any atom is -0.493 e. The van der Waals surface area contributed by atoms with E-state index in [1.807, 2.05) is 50.2 Å². The summed E-state index contributed by atoms with van der Waals surface area (Å²) in [7, 11) is 1.64. The van der Waals surface area contributed by atoms with Crippen LogP contribution in [0, 0.1) is 0 Å². The van der Waals surface area contributed by atoms with E-state index >= 15 is 0 Å². The second-order valence-electron chi connectivity index (χ2n) is 5.53. The smallest absolute Gasteiger partial charge is 0.161 e. The van der Waals surface area contributed by atoms with Gasteiger partial charge in [0.1, 0.15) is 11.1 Å². The summed E-state index contributed by atoms with van der Waals surface area (Å²) < 4.78 is 12.5. The van der Waals surface area contributed by atoms with E-state index < -0.39 is 0 Å². The van der Waals surface area contributed by atoms with Crippen LogP contribution in [0.1, 0.15) is 13.8 Å². The van der Waals surface area contributed by atoms with Gasteiger partial charge in [0, 0.05) is 11.6 Å². The van der Waals surface area contributed by atoms with E-state index in [-0.39, 0.29) is 12.1 Å². The van der Waals surface area contributed by atoms with Gasteiger partial charge in [0.05, 0.1) is 17.3 Å². The van der Waals surface area contributed by atoms with Gasteiger partial charge < -0.3 is 15.2 Å². The van der Waals surface area contributed by atoms with Gasteiger partial charge in [0.2, 0.25) is 0 Å². The van der Waals surface area contributed by atoms with Gasteiger partial charge in [-0.1, -0.05) is 12.1 Å². The molecule has 120 valence electrons. The van der Waals surface area contributed by atoms with Gasteiger partial charge in [-0.25, -0.2) is 4.98 Å². The van der Waals surface area contributed by atoms with E-state index in [0.29, 0.717) is 11.5 Å². The number of rotatable bonds is 5. The average Bonchev–Trinajstić information content (AvgIpc) is 2.99. The number of nitrogens with two attached hydrogens (primary N) is 1. The zero-order valence-corrected chi connectivity index (χ0v) is 14.3. The van der Waals surface area contributed by atoms with Crippen molar-refractivity contribution in [2.45, 2.75) is 26.0 Å². The fraction of sp³-hybridized carbons (Fsp3) is 0.278. The molecule has 23 heavy (non-hydrogen) atoms. The molecule has 1 unspecified atom stereocenters. The third kappa shape index (κ3) is 3.30. The molecule has 3 rings (SSSR count). The number of fused-ring (bicyclic) bond motifs is 1. The Hall–Kier alpha value is -2.11. The van der Waals surface area contributed by atoms with Crippen LogP contribution in [0.15, 0.2) is 42.5 Å². The van der Waals surface area contributed by atoms with Crippen molar-refractivity contribution >= 4 is 21.6 Å². The molecule has 5 heteroatoms. The molecule has 0 saturated carbocycles. The second-order valence-corrected chi connectivity index (χ2v) is 6.57. The summed E-state index contributed by atoms with van der Waals surface area (Å²) in [6.07, 6.45) is -0.0859. The number of hydrogen-bond acceptors (Lipinski definition) is 5. The van der Waals surface area contributed by atoms with Gasteiger partial charge in [-0.05, 0) is 44.2 Å². The van der Waals surface area contributed by atoms with Gasteiger partial charge in [0.25, 0.3) is 0 Å². The van der Waals surface area contributed by atoms with Gasteiger partial charge in [-0.3, -0.25) is 0 Å². The molecule has 2 N–H and O–H groups in total. The summed E-state index contributed by atoms with van der Waals surface area (Å²) in [4.78, 5) is 4.68. The molecule has 1 heterocycles. The van der Waals surface area contributed by atoms with E-state index in [1.54, 1.807) is 18.4 Å². The molecular weight excluding hydrogens is 308 g/mol. The maximum Gasteiger partial charge on any atom is 0.161 e. The number of benzene rings is 2. The number of hydrogen-bond donors (Lipinski definition) is 1. The Labute approximate surface area is 139 Å². The standard InChI is InChI=1S/C18H20N2O2S/c1-11(19)12(2)22-15-9-8-13(10-16(15)21-3)18-20-14-6-4-5-7-17(14)23-18/h4-12H,19H2,1-3H3/t11-,12?/m1/s1. The van der Waals surface area contributed by atoms with Crippen LogP contribution >= 0.6 is 11.3 Å². The molecule has 0 fully saturated rings. The molecule has 1 aromatic heterocycles. The number of nitrogens with zero attached hydrogens (tertiary/aromatic N) is 1. The van der Waals surface area contributed by atoms with E-state index in [9.17, 15) is 0 Å². The maximum atomic E-state index is 5.88. The van der Waals surface area contributed by atoms with E-state index in [0.717, 1.165) is 16.1 Å². The van der Waals surface area contributed by atoms with Gasteiger partial charge in [-0.15, -0.1) is 11.3 Å². The largest absolute Gasteiger partial charge is 0.493 e. The van der Waals surface area contributed by atoms with Crippen LogP contribution in [0.25, 0.3) is 20.8 Å². The van der Waals surface area contributed by atoms with Crippen molar-refractivity contribution in [3.63, 3.8) is 0 Å². The monoisotopic (exact) mass is 328 g/mol. The van der Waals surface area contributed by atoms with E-state index in [4.69, 9.17) is 15.2 Å². The molecule has 0 amide bonds. The highest BCUT2D eigenvalue weighted by Gasteiger charge is 2.14. The van der Waals surface area contributed by atoms with Gasteiger partial charge in [0.15, 0.2) is 11.5 Å². The first kappa shape index (κ1) is 15.8. The second kappa shape index (κ2) is 6.56. The van der Waals surface area contributed by atoms with Crippen LogP contribution in [0.5, 0.6) is 11.5 Å². The summed E-state index contributed by atoms with van der Waals surface area (Å²) in [6, 6.07) is 14.0. The lowest BCUT2D eigenvalue weighted by Gasteiger charge is -2.20. The Kier molecular flexibility index (Phi) is 4.50. The summed E-state index contributed by atoms with van der Waals surface area (Å²) in [5.41, 5.74) is 7.89. The Morgan fingerprint density at radius 1 is 1.09 bits per heavy atom. The van der Waals surface area contributed by atoms with Crippen molar-refractivity contribution in [2.75, 3.05) is 7.11 Å². The highest BCUT2D eigenvalue weighted by molar-refractivity contribution is 7.21. The predicted molar refractivity (Wildman–Crippen MR) is 95.3 cm³/mol. The van der Waals surface area contributed by atoms with Gasteiger partial charge in [-0.2, -0.15) is 0 Å². The van der Waals surface area contributed by atoms with Crippen LogP contribution in [-0.4, -0.2) is 24.2 Å². The quantitative estimate of drug-likeness (QED) is 0.766. The summed E-state index contributed by atoms with van der Waals surface area (Å²) in [5.74, 6) is 1.39. The maximum absolute atomic E-state index is 5.88. The molecule has 4 nitrogen and oxygen atoms in total. The van der Waals surface area contributed by atoms with Crippen LogP contribution in [-0.2, 0) is 0 Å². The third-order valence-electron chi connectivity index (χ3n) is 3.76. The van der Waals surface area contributed by atoms with E-state index in [1.165, 1.54) is 4.70 Å². The summed E-state index contributed by atoms with van der Waals surface area (Å²) >= 11 is 1.67. The van der Waals surface area contributed by atoms with Crippen LogP contribution < -0.4 is 15.2 Å². The Bertz CT molecular complexity index is 781. The molecule has 0 aliphatic heterocycles. The molecule has 0 spiro atoms. The van der Waals surface area contributed by atoms with Crippen LogP contribution in [0.4, 0.5) is 0 Å². The molecular formula is C18H20N2O2S.